The third-order valence-electron chi connectivity index (χ3n) is 3.90. The van der Waals surface area contributed by atoms with Crippen molar-refractivity contribution in [3.63, 3.8) is 0 Å². The monoisotopic (exact) mass is 298 g/mol. The minimum atomic E-state index is -0.530. The maximum Gasteiger partial charge on any atom is 0.130 e. The van der Waals surface area contributed by atoms with E-state index >= 15 is 0 Å². The third-order valence-corrected chi connectivity index (χ3v) is 3.90. The van der Waals surface area contributed by atoms with E-state index in [1.54, 1.807) is 0 Å². The number of hydrazine groups is 1. The van der Waals surface area contributed by atoms with Gasteiger partial charge in [-0.2, -0.15) is 0 Å². The first-order valence-electron chi connectivity index (χ1n) is 8.10. The average Bonchev–Trinajstić information content (AvgIpc) is 2.47. The van der Waals surface area contributed by atoms with Crippen LogP contribution in [0.3, 0.4) is 0 Å². The number of hydrogen-bond donors (Lipinski definition) is 2. The Labute approximate surface area is 127 Å². The second-order valence-corrected chi connectivity index (χ2v) is 5.62. The highest BCUT2D eigenvalue weighted by Gasteiger charge is 2.18. The fraction of sp³-hybridized carbons (Fsp3) is 0.647. The summed E-state index contributed by atoms with van der Waals surface area (Å²) in [4.78, 5) is 0. The van der Waals surface area contributed by atoms with Crippen LogP contribution in [-0.4, -0.2) is 0 Å². The van der Waals surface area contributed by atoms with Gasteiger partial charge in [-0.1, -0.05) is 64.4 Å². The van der Waals surface area contributed by atoms with Gasteiger partial charge in [0.2, 0.25) is 0 Å². The zero-order valence-corrected chi connectivity index (χ0v) is 13.0. The van der Waals surface area contributed by atoms with Gasteiger partial charge in [-0.05, 0) is 18.6 Å². The molecule has 1 aromatic rings. The van der Waals surface area contributed by atoms with Crippen molar-refractivity contribution < 1.29 is 8.78 Å². The summed E-state index contributed by atoms with van der Waals surface area (Å²) in [7, 11) is 0. The lowest BCUT2D eigenvalue weighted by Crippen LogP contribution is -2.29. The largest absolute Gasteiger partial charge is 0.271 e. The van der Waals surface area contributed by atoms with Crippen LogP contribution in [0, 0.1) is 11.6 Å². The zero-order valence-electron chi connectivity index (χ0n) is 13.0. The van der Waals surface area contributed by atoms with Gasteiger partial charge in [-0.15, -0.1) is 0 Å². The molecule has 0 amide bonds. The van der Waals surface area contributed by atoms with Gasteiger partial charge in [0, 0.05) is 5.56 Å². The van der Waals surface area contributed by atoms with Crippen molar-refractivity contribution in [2.75, 3.05) is 0 Å². The Kier molecular flexibility index (Phi) is 9.19. The van der Waals surface area contributed by atoms with E-state index in [2.05, 4.69) is 12.3 Å². The van der Waals surface area contributed by atoms with Crippen molar-refractivity contribution >= 4 is 0 Å². The molecule has 4 heteroatoms. The van der Waals surface area contributed by atoms with Crippen molar-refractivity contribution in [1.29, 1.82) is 0 Å². The number of unbranched alkanes of at least 4 members (excludes halogenated alkanes) is 7. The highest BCUT2D eigenvalue weighted by Crippen LogP contribution is 2.25. The van der Waals surface area contributed by atoms with Crippen molar-refractivity contribution in [2.45, 2.75) is 70.8 Å². The molecule has 1 unspecified atom stereocenters. The van der Waals surface area contributed by atoms with Gasteiger partial charge < -0.3 is 0 Å². The molecule has 1 atom stereocenters. The van der Waals surface area contributed by atoms with Crippen LogP contribution in [-0.2, 0) is 0 Å². The summed E-state index contributed by atoms with van der Waals surface area (Å²) >= 11 is 0. The van der Waals surface area contributed by atoms with Crippen LogP contribution in [0.15, 0.2) is 18.2 Å². The summed E-state index contributed by atoms with van der Waals surface area (Å²) in [5.74, 6) is 4.39. The molecule has 1 aromatic carbocycles. The van der Waals surface area contributed by atoms with E-state index in [4.69, 9.17) is 5.84 Å². The molecule has 0 fully saturated rings. The summed E-state index contributed by atoms with van der Waals surface area (Å²) in [5.41, 5.74) is 2.60. The summed E-state index contributed by atoms with van der Waals surface area (Å²) in [6, 6.07) is 3.47. The molecular formula is C17H28F2N2. The van der Waals surface area contributed by atoms with Gasteiger partial charge in [-0.25, -0.2) is 8.78 Å². The minimum Gasteiger partial charge on any atom is -0.271 e. The Hall–Kier alpha value is -1.00. The molecule has 0 heterocycles. The SMILES string of the molecule is CCCCCCCCCCC(NN)c1c(F)cccc1F. The van der Waals surface area contributed by atoms with Gasteiger partial charge in [-0.3, -0.25) is 11.3 Å². The second kappa shape index (κ2) is 10.7. The molecule has 21 heavy (non-hydrogen) atoms. The van der Waals surface area contributed by atoms with Crippen molar-refractivity contribution in [3.8, 4) is 0 Å². The Morgan fingerprint density at radius 2 is 1.48 bits per heavy atom. The topological polar surface area (TPSA) is 38.0 Å². The molecule has 2 nitrogen and oxygen atoms in total. The Morgan fingerprint density at radius 3 is 2.00 bits per heavy atom. The fourth-order valence-corrected chi connectivity index (χ4v) is 2.64. The number of benzene rings is 1. The van der Waals surface area contributed by atoms with Crippen LogP contribution >= 0.6 is 0 Å². The molecule has 0 saturated heterocycles. The van der Waals surface area contributed by atoms with Gasteiger partial charge in [0.25, 0.3) is 0 Å². The zero-order chi connectivity index (χ0) is 15.5. The molecule has 0 radical (unpaired) electrons. The summed E-state index contributed by atoms with van der Waals surface area (Å²) in [6.07, 6.45) is 10.3. The first-order chi connectivity index (χ1) is 10.2. The lowest BCUT2D eigenvalue weighted by atomic mass is 9.99. The molecule has 0 spiro atoms. The second-order valence-electron chi connectivity index (χ2n) is 5.62. The van der Waals surface area contributed by atoms with E-state index in [0.717, 1.165) is 12.8 Å². The van der Waals surface area contributed by atoms with Crippen LogP contribution in [0.2, 0.25) is 0 Å². The molecule has 0 saturated carbocycles. The Balaban J connectivity index is 2.29. The summed E-state index contributed by atoms with van der Waals surface area (Å²) < 4.78 is 27.4. The standard InChI is InChI=1S/C17H28F2N2/c1-2-3-4-5-6-7-8-9-13-16(21-20)17-14(18)11-10-12-15(17)19/h10-12,16,21H,2-9,13,20H2,1H3. The van der Waals surface area contributed by atoms with Crippen LogP contribution in [0.5, 0.6) is 0 Å². The van der Waals surface area contributed by atoms with Gasteiger partial charge >= 0.3 is 0 Å². The number of rotatable bonds is 11. The van der Waals surface area contributed by atoms with Crippen LogP contribution < -0.4 is 11.3 Å². The highest BCUT2D eigenvalue weighted by molar-refractivity contribution is 5.23. The summed E-state index contributed by atoms with van der Waals surface area (Å²) in [6.45, 7) is 2.21. The lowest BCUT2D eigenvalue weighted by Gasteiger charge is -2.17. The molecule has 3 N–H and O–H groups in total. The van der Waals surface area contributed by atoms with E-state index in [-0.39, 0.29) is 5.56 Å². The minimum absolute atomic E-state index is 0.0583. The van der Waals surface area contributed by atoms with E-state index in [1.165, 1.54) is 56.7 Å². The first kappa shape index (κ1) is 18.1. The van der Waals surface area contributed by atoms with E-state index in [1.807, 2.05) is 0 Å². The molecule has 0 aliphatic carbocycles. The number of halogens is 2. The highest BCUT2D eigenvalue weighted by atomic mass is 19.1. The molecule has 120 valence electrons. The number of hydrogen-bond acceptors (Lipinski definition) is 2. The van der Waals surface area contributed by atoms with Gasteiger partial charge in [0.05, 0.1) is 6.04 Å². The molecule has 0 aliphatic rings. The van der Waals surface area contributed by atoms with Gasteiger partial charge in [0.15, 0.2) is 0 Å². The van der Waals surface area contributed by atoms with Crippen molar-refractivity contribution in [3.05, 3.63) is 35.4 Å². The summed E-state index contributed by atoms with van der Waals surface area (Å²) in [5, 5.41) is 0. The normalized spacial score (nSPS) is 12.6. The third kappa shape index (κ3) is 6.53. The maximum absolute atomic E-state index is 13.7. The van der Waals surface area contributed by atoms with Gasteiger partial charge in [0.1, 0.15) is 11.6 Å². The maximum atomic E-state index is 13.7. The van der Waals surface area contributed by atoms with E-state index in [9.17, 15) is 8.78 Å². The smallest absolute Gasteiger partial charge is 0.130 e. The van der Waals surface area contributed by atoms with Crippen molar-refractivity contribution in [2.24, 2.45) is 5.84 Å². The molecular weight excluding hydrogens is 270 g/mol. The quantitative estimate of drug-likeness (QED) is 0.343. The van der Waals surface area contributed by atoms with Crippen LogP contribution in [0.1, 0.15) is 76.3 Å². The van der Waals surface area contributed by atoms with Crippen LogP contribution in [0.25, 0.3) is 0 Å². The lowest BCUT2D eigenvalue weighted by molar-refractivity contribution is 0.434. The molecule has 0 bridgehead atoms. The Bertz CT molecular complexity index is 376. The number of nitrogens with one attached hydrogen (secondary N) is 1. The van der Waals surface area contributed by atoms with Crippen molar-refractivity contribution in [1.82, 2.24) is 5.43 Å². The first-order valence-corrected chi connectivity index (χ1v) is 8.10. The van der Waals surface area contributed by atoms with E-state index < -0.39 is 17.7 Å². The predicted molar refractivity (Wildman–Crippen MR) is 83.6 cm³/mol. The molecule has 1 rings (SSSR count). The molecule has 0 aliphatic heterocycles. The van der Waals surface area contributed by atoms with Crippen LogP contribution in [0.4, 0.5) is 8.78 Å². The fourth-order valence-electron chi connectivity index (χ4n) is 2.64. The molecule has 0 aromatic heterocycles. The predicted octanol–water partition coefficient (Wildman–Crippen LogP) is 5.00. The van der Waals surface area contributed by atoms with E-state index in [0.29, 0.717) is 6.42 Å². The number of nitrogens with two attached hydrogens (primary N) is 1. The Morgan fingerprint density at radius 1 is 0.952 bits per heavy atom. The average molecular weight is 298 g/mol.